The van der Waals surface area contributed by atoms with Crippen LogP contribution in [-0.4, -0.2) is 34.9 Å². The molecule has 0 radical (unpaired) electrons. The third-order valence-corrected chi connectivity index (χ3v) is 4.13. The Bertz CT molecular complexity index is 478. The van der Waals surface area contributed by atoms with E-state index < -0.39 is 6.09 Å². The lowest BCUT2D eigenvalue weighted by molar-refractivity contribution is -0.129. The molecule has 1 aliphatic heterocycles. The first-order chi connectivity index (χ1) is 10.2. The summed E-state index contributed by atoms with van der Waals surface area (Å²) < 4.78 is 5.06. The number of benzene rings is 1. The number of carbonyl (C=O) groups excluding carboxylic acids is 2. The fraction of sp³-hybridized carbons (Fsp3) is 0.500. The Morgan fingerprint density at radius 3 is 2.71 bits per heavy atom. The SMILES string of the molecule is O=C(CCCCCBr)N1C(=O)OCC1Cc1ccccc1. The molecule has 1 aromatic rings. The number of cyclic esters (lactones) is 1. The van der Waals surface area contributed by atoms with Crippen LogP contribution < -0.4 is 0 Å². The van der Waals surface area contributed by atoms with Crippen LogP contribution >= 0.6 is 15.9 Å². The summed E-state index contributed by atoms with van der Waals surface area (Å²) in [5.74, 6) is -0.118. The summed E-state index contributed by atoms with van der Waals surface area (Å²) in [5, 5.41) is 0.948. The smallest absolute Gasteiger partial charge is 0.416 e. The molecule has 1 fully saturated rings. The van der Waals surface area contributed by atoms with Crippen LogP contribution in [-0.2, 0) is 16.0 Å². The minimum Gasteiger partial charge on any atom is -0.447 e. The minimum atomic E-state index is -0.499. The lowest BCUT2D eigenvalue weighted by Crippen LogP contribution is -2.40. The molecule has 0 saturated carbocycles. The Morgan fingerprint density at radius 2 is 2.00 bits per heavy atom. The van der Waals surface area contributed by atoms with Crippen molar-refractivity contribution in [2.24, 2.45) is 0 Å². The number of ether oxygens (including phenoxy) is 1. The minimum absolute atomic E-state index is 0.118. The maximum absolute atomic E-state index is 12.2. The highest BCUT2D eigenvalue weighted by molar-refractivity contribution is 9.09. The van der Waals surface area contributed by atoms with Crippen LogP contribution in [0.15, 0.2) is 30.3 Å². The van der Waals surface area contributed by atoms with Crippen molar-refractivity contribution in [3.05, 3.63) is 35.9 Å². The van der Waals surface area contributed by atoms with Crippen LogP contribution in [0.5, 0.6) is 0 Å². The summed E-state index contributed by atoms with van der Waals surface area (Å²) in [6.45, 7) is 0.293. The van der Waals surface area contributed by atoms with Crippen LogP contribution in [0.2, 0.25) is 0 Å². The Labute approximate surface area is 133 Å². The van der Waals surface area contributed by atoms with E-state index in [1.165, 1.54) is 4.90 Å². The predicted molar refractivity (Wildman–Crippen MR) is 84.4 cm³/mol. The van der Waals surface area contributed by atoms with Crippen molar-refractivity contribution in [1.29, 1.82) is 0 Å². The number of imide groups is 1. The molecule has 1 atom stereocenters. The van der Waals surface area contributed by atoms with Crippen LogP contribution in [0.3, 0.4) is 0 Å². The summed E-state index contributed by atoms with van der Waals surface area (Å²) in [6.07, 6.45) is 3.41. The zero-order valence-corrected chi connectivity index (χ0v) is 13.5. The monoisotopic (exact) mass is 353 g/mol. The van der Waals surface area contributed by atoms with Gasteiger partial charge in [0, 0.05) is 11.8 Å². The molecule has 1 saturated heterocycles. The van der Waals surface area contributed by atoms with Crippen LogP contribution in [0, 0.1) is 0 Å². The molecule has 5 heteroatoms. The first-order valence-corrected chi connectivity index (χ1v) is 8.43. The molecule has 21 heavy (non-hydrogen) atoms. The Kier molecular flexibility index (Phi) is 6.23. The van der Waals surface area contributed by atoms with Crippen molar-refractivity contribution in [2.75, 3.05) is 11.9 Å². The number of rotatable bonds is 7. The largest absolute Gasteiger partial charge is 0.447 e. The zero-order valence-electron chi connectivity index (χ0n) is 12.0. The molecule has 1 aromatic carbocycles. The predicted octanol–water partition coefficient (Wildman–Crippen LogP) is 3.53. The van der Waals surface area contributed by atoms with E-state index in [0.717, 1.165) is 30.2 Å². The topological polar surface area (TPSA) is 46.6 Å². The molecule has 0 aromatic heterocycles. The van der Waals surface area contributed by atoms with E-state index in [-0.39, 0.29) is 11.9 Å². The molecule has 0 N–H and O–H groups in total. The van der Waals surface area contributed by atoms with E-state index in [1.54, 1.807) is 0 Å². The number of hydrogen-bond donors (Lipinski definition) is 0. The van der Waals surface area contributed by atoms with Crippen molar-refractivity contribution < 1.29 is 14.3 Å². The van der Waals surface area contributed by atoms with Gasteiger partial charge in [-0.05, 0) is 24.8 Å². The van der Waals surface area contributed by atoms with Gasteiger partial charge >= 0.3 is 6.09 Å². The maximum atomic E-state index is 12.2. The van der Waals surface area contributed by atoms with E-state index in [2.05, 4.69) is 15.9 Å². The molecule has 0 aliphatic carbocycles. The average Bonchev–Trinajstić information content (AvgIpc) is 2.85. The number of alkyl halides is 1. The van der Waals surface area contributed by atoms with E-state index in [9.17, 15) is 9.59 Å². The van der Waals surface area contributed by atoms with Crippen molar-refractivity contribution in [3.63, 3.8) is 0 Å². The van der Waals surface area contributed by atoms with Crippen LogP contribution in [0.4, 0.5) is 4.79 Å². The van der Waals surface area contributed by atoms with E-state index in [0.29, 0.717) is 19.4 Å². The van der Waals surface area contributed by atoms with Crippen molar-refractivity contribution in [1.82, 2.24) is 4.90 Å². The van der Waals surface area contributed by atoms with Gasteiger partial charge in [-0.3, -0.25) is 4.79 Å². The standard InChI is InChI=1S/C16H20BrNO3/c17-10-6-2-5-9-15(19)18-14(12-21-16(18)20)11-13-7-3-1-4-8-13/h1,3-4,7-8,14H,2,5-6,9-12H2. The number of hydrogen-bond acceptors (Lipinski definition) is 3. The Balaban J connectivity index is 1.92. The molecule has 0 spiro atoms. The molecule has 1 aliphatic rings. The summed E-state index contributed by atoms with van der Waals surface area (Å²) in [6, 6.07) is 9.69. The fourth-order valence-electron chi connectivity index (χ4n) is 2.47. The zero-order chi connectivity index (χ0) is 15.1. The van der Waals surface area contributed by atoms with E-state index >= 15 is 0 Å². The number of unbranched alkanes of at least 4 members (excludes halogenated alkanes) is 2. The van der Waals surface area contributed by atoms with Gasteiger partial charge in [-0.2, -0.15) is 0 Å². The van der Waals surface area contributed by atoms with Gasteiger partial charge in [0.25, 0.3) is 0 Å². The van der Waals surface area contributed by atoms with Crippen LogP contribution in [0.1, 0.15) is 31.2 Å². The summed E-state index contributed by atoms with van der Waals surface area (Å²) in [7, 11) is 0. The van der Waals surface area contributed by atoms with Gasteiger partial charge in [0.15, 0.2) is 0 Å². The quantitative estimate of drug-likeness (QED) is 0.556. The number of nitrogens with zero attached hydrogens (tertiary/aromatic N) is 1. The van der Waals surface area contributed by atoms with E-state index in [4.69, 9.17) is 4.74 Å². The van der Waals surface area contributed by atoms with Crippen molar-refractivity contribution in [2.45, 2.75) is 38.1 Å². The first kappa shape index (κ1) is 16.0. The van der Waals surface area contributed by atoms with Gasteiger partial charge in [-0.25, -0.2) is 9.69 Å². The number of halogens is 1. The molecular weight excluding hydrogens is 334 g/mol. The van der Waals surface area contributed by atoms with Gasteiger partial charge in [0.05, 0.1) is 6.04 Å². The van der Waals surface area contributed by atoms with Crippen molar-refractivity contribution in [3.8, 4) is 0 Å². The molecule has 0 bridgehead atoms. The molecular formula is C16H20BrNO3. The van der Waals surface area contributed by atoms with Gasteiger partial charge in [0.2, 0.25) is 5.91 Å². The summed E-state index contributed by atoms with van der Waals surface area (Å²) in [4.78, 5) is 25.3. The van der Waals surface area contributed by atoms with Gasteiger partial charge in [-0.1, -0.05) is 52.7 Å². The van der Waals surface area contributed by atoms with Gasteiger partial charge in [-0.15, -0.1) is 0 Å². The normalized spacial score (nSPS) is 17.9. The second-order valence-corrected chi connectivity index (χ2v) is 5.98. The molecule has 2 rings (SSSR count). The summed E-state index contributed by atoms with van der Waals surface area (Å²) >= 11 is 3.37. The third kappa shape index (κ3) is 4.56. The van der Waals surface area contributed by atoms with Crippen molar-refractivity contribution >= 4 is 27.9 Å². The fourth-order valence-corrected chi connectivity index (χ4v) is 2.87. The first-order valence-electron chi connectivity index (χ1n) is 7.31. The highest BCUT2D eigenvalue weighted by atomic mass is 79.9. The second-order valence-electron chi connectivity index (χ2n) is 5.18. The average molecular weight is 354 g/mol. The lowest BCUT2D eigenvalue weighted by Gasteiger charge is -2.19. The summed E-state index contributed by atoms with van der Waals surface area (Å²) in [5.41, 5.74) is 1.11. The van der Waals surface area contributed by atoms with E-state index in [1.807, 2.05) is 30.3 Å². The van der Waals surface area contributed by atoms with Gasteiger partial charge in [0.1, 0.15) is 6.61 Å². The Hall–Kier alpha value is -1.36. The van der Waals surface area contributed by atoms with Gasteiger partial charge < -0.3 is 4.74 Å². The maximum Gasteiger partial charge on any atom is 0.416 e. The molecule has 2 amide bonds. The van der Waals surface area contributed by atoms with Crippen LogP contribution in [0.25, 0.3) is 0 Å². The number of amides is 2. The lowest BCUT2D eigenvalue weighted by atomic mass is 10.1. The highest BCUT2D eigenvalue weighted by Crippen LogP contribution is 2.19. The number of carbonyl (C=O) groups is 2. The molecule has 4 nitrogen and oxygen atoms in total. The highest BCUT2D eigenvalue weighted by Gasteiger charge is 2.37. The third-order valence-electron chi connectivity index (χ3n) is 3.57. The second kappa shape index (κ2) is 8.17. The Morgan fingerprint density at radius 1 is 1.24 bits per heavy atom. The molecule has 114 valence electrons. The molecule has 1 heterocycles. The molecule has 1 unspecified atom stereocenters.